The van der Waals surface area contributed by atoms with E-state index in [1.807, 2.05) is 0 Å². The fourth-order valence-electron chi connectivity index (χ4n) is 3.37. The Hall–Kier alpha value is -1.17. The van der Waals surface area contributed by atoms with Crippen LogP contribution in [0.1, 0.15) is 24.8 Å². The summed E-state index contributed by atoms with van der Waals surface area (Å²) < 4.78 is 0. The second kappa shape index (κ2) is 5.68. The quantitative estimate of drug-likeness (QED) is 0.685. The van der Waals surface area contributed by atoms with Crippen molar-refractivity contribution in [3.8, 4) is 0 Å². The van der Waals surface area contributed by atoms with Gasteiger partial charge < -0.3 is 5.32 Å². The Labute approximate surface area is 123 Å². The molecule has 108 valence electrons. The van der Waals surface area contributed by atoms with Gasteiger partial charge in [0.15, 0.2) is 0 Å². The molecule has 20 heavy (non-hydrogen) atoms. The molecule has 0 amide bonds. The van der Waals surface area contributed by atoms with Crippen molar-refractivity contribution in [1.29, 1.82) is 0 Å². The minimum atomic E-state index is -0.381. The number of hydrogen-bond acceptors (Lipinski definition) is 4. The molecule has 0 spiro atoms. The van der Waals surface area contributed by atoms with E-state index in [1.165, 1.54) is 25.5 Å². The van der Waals surface area contributed by atoms with Crippen LogP contribution in [-0.2, 0) is 6.54 Å². The van der Waals surface area contributed by atoms with Crippen molar-refractivity contribution < 1.29 is 4.92 Å². The van der Waals surface area contributed by atoms with Crippen LogP contribution in [-0.4, -0.2) is 35.0 Å². The molecule has 2 aliphatic heterocycles. The van der Waals surface area contributed by atoms with E-state index < -0.39 is 0 Å². The summed E-state index contributed by atoms with van der Waals surface area (Å²) in [6, 6.07) is 5.73. The normalized spacial score (nSPS) is 25.9. The Morgan fingerprint density at radius 2 is 2.25 bits per heavy atom. The second-order valence-corrected chi connectivity index (χ2v) is 5.96. The predicted octanol–water partition coefficient (Wildman–Crippen LogP) is 2.57. The molecule has 0 aliphatic carbocycles. The molecule has 0 aromatic heterocycles. The molecular formula is C14H18ClN3O2. The average Bonchev–Trinajstić information content (AvgIpc) is 3.01. The largest absolute Gasteiger partial charge is 0.308 e. The monoisotopic (exact) mass is 295 g/mol. The lowest BCUT2D eigenvalue weighted by atomic mass is 10.1. The molecule has 0 bridgehead atoms. The van der Waals surface area contributed by atoms with Gasteiger partial charge in [0, 0.05) is 42.3 Å². The zero-order valence-electron chi connectivity index (χ0n) is 11.2. The molecule has 2 fully saturated rings. The predicted molar refractivity (Wildman–Crippen MR) is 77.9 cm³/mol. The SMILES string of the molecule is O=[N+]([O-])c1ccc(Cl)c(CNC2CCN3CCCC23)c1. The molecule has 1 aromatic rings. The van der Waals surface area contributed by atoms with E-state index in [1.54, 1.807) is 12.1 Å². The van der Waals surface area contributed by atoms with Crippen LogP contribution in [0.25, 0.3) is 0 Å². The second-order valence-electron chi connectivity index (χ2n) is 5.55. The number of nitro benzene ring substituents is 1. The van der Waals surface area contributed by atoms with E-state index in [2.05, 4.69) is 10.2 Å². The van der Waals surface area contributed by atoms with Crippen LogP contribution >= 0.6 is 11.6 Å². The summed E-state index contributed by atoms with van der Waals surface area (Å²) in [5, 5.41) is 14.9. The molecule has 1 N–H and O–H groups in total. The van der Waals surface area contributed by atoms with E-state index in [0.717, 1.165) is 18.5 Å². The summed E-state index contributed by atoms with van der Waals surface area (Å²) in [5.41, 5.74) is 0.900. The van der Waals surface area contributed by atoms with E-state index >= 15 is 0 Å². The number of halogens is 1. The molecule has 2 atom stereocenters. The van der Waals surface area contributed by atoms with E-state index in [0.29, 0.717) is 23.7 Å². The molecule has 0 saturated carbocycles. The maximum absolute atomic E-state index is 10.8. The fraction of sp³-hybridized carbons (Fsp3) is 0.571. The van der Waals surface area contributed by atoms with Gasteiger partial charge in [0.2, 0.25) is 0 Å². The minimum Gasteiger partial charge on any atom is -0.308 e. The number of rotatable bonds is 4. The third kappa shape index (κ3) is 2.66. The summed E-state index contributed by atoms with van der Waals surface area (Å²) in [4.78, 5) is 13.0. The maximum Gasteiger partial charge on any atom is 0.269 e. The molecule has 2 heterocycles. The van der Waals surface area contributed by atoms with Crippen molar-refractivity contribution in [1.82, 2.24) is 10.2 Å². The number of nitrogens with one attached hydrogen (secondary N) is 1. The Morgan fingerprint density at radius 1 is 1.40 bits per heavy atom. The Morgan fingerprint density at radius 3 is 3.05 bits per heavy atom. The molecule has 2 saturated heterocycles. The smallest absolute Gasteiger partial charge is 0.269 e. The minimum absolute atomic E-state index is 0.0973. The lowest BCUT2D eigenvalue weighted by Gasteiger charge is -2.21. The van der Waals surface area contributed by atoms with E-state index in [-0.39, 0.29) is 10.6 Å². The van der Waals surface area contributed by atoms with Gasteiger partial charge in [0.25, 0.3) is 5.69 Å². The van der Waals surface area contributed by atoms with Gasteiger partial charge in [-0.2, -0.15) is 0 Å². The van der Waals surface area contributed by atoms with Gasteiger partial charge in [0.05, 0.1) is 4.92 Å². The Balaban J connectivity index is 1.66. The molecule has 2 unspecified atom stereocenters. The van der Waals surface area contributed by atoms with Gasteiger partial charge in [-0.15, -0.1) is 0 Å². The summed E-state index contributed by atoms with van der Waals surface area (Å²) in [6.07, 6.45) is 3.68. The fourth-order valence-corrected chi connectivity index (χ4v) is 3.56. The first-order valence-corrected chi connectivity index (χ1v) is 7.43. The van der Waals surface area contributed by atoms with Gasteiger partial charge in [-0.1, -0.05) is 11.6 Å². The molecular weight excluding hydrogens is 278 g/mol. The third-order valence-corrected chi connectivity index (χ3v) is 4.77. The van der Waals surface area contributed by atoms with Crippen LogP contribution in [0.3, 0.4) is 0 Å². The van der Waals surface area contributed by atoms with Crippen molar-refractivity contribution in [2.75, 3.05) is 13.1 Å². The molecule has 3 rings (SSSR count). The van der Waals surface area contributed by atoms with Crippen molar-refractivity contribution in [3.05, 3.63) is 38.9 Å². The first-order valence-electron chi connectivity index (χ1n) is 7.05. The molecule has 1 aromatic carbocycles. The highest BCUT2D eigenvalue weighted by molar-refractivity contribution is 6.31. The topological polar surface area (TPSA) is 58.4 Å². The summed E-state index contributed by atoms with van der Waals surface area (Å²) in [5.74, 6) is 0. The van der Waals surface area contributed by atoms with Crippen LogP contribution in [0, 0.1) is 10.1 Å². The highest BCUT2D eigenvalue weighted by Crippen LogP contribution is 2.29. The molecule has 0 radical (unpaired) electrons. The molecule has 2 aliphatic rings. The van der Waals surface area contributed by atoms with Crippen LogP contribution in [0.2, 0.25) is 5.02 Å². The highest BCUT2D eigenvalue weighted by Gasteiger charge is 2.36. The Bertz CT molecular complexity index is 523. The van der Waals surface area contributed by atoms with E-state index in [4.69, 9.17) is 11.6 Å². The lowest BCUT2D eigenvalue weighted by molar-refractivity contribution is -0.384. The summed E-state index contributed by atoms with van der Waals surface area (Å²) in [6.45, 7) is 2.96. The highest BCUT2D eigenvalue weighted by atomic mass is 35.5. The zero-order chi connectivity index (χ0) is 14.1. The van der Waals surface area contributed by atoms with Crippen LogP contribution < -0.4 is 5.32 Å². The van der Waals surface area contributed by atoms with Crippen molar-refractivity contribution in [2.24, 2.45) is 0 Å². The number of nitro groups is 1. The number of fused-ring (bicyclic) bond motifs is 1. The van der Waals surface area contributed by atoms with Crippen LogP contribution in [0.5, 0.6) is 0 Å². The van der Waals surface area contributed by atoms with Crippen LogP contribution in [0.15, 0.2) is 18.2 Å². The first-order chi connectivity index (χ1) is 9.65. The molecule has 6 heteroatoms. The number of benzene rings is 1. The lowest BCUT2D eigenvalue weighted by Crippen LogP contribution is -2.38. The van der Waals surface area contributed by atoms with Crippen molar-refractivity contribution in [3.63, 3.8) is 0 Å². The first kappa shape index (κ1) is 13.8. The summed E-state index contributed by atoms with van der Waals surface area (Å²) in [7, 11) is 0. The zero-order valence-corrected chi connectivity index (χ0v) is 12.0. The summed E-state index contributed by atoms with van der Waals surface area (Å²) >= 11 is 6.12. The van der Waals surface area contributed by atoms with Crippen molar-refractivity contribution >= 4 is 17.3 Å². The van der Waals surface area contributed by atoms with Crippen molar-refractivity contribution in [2.45, 2.75) is 37.9 Å². The van der Waals surface area contributed by atoms with E-state index in [9.17, 15) is 10.1 Å². The number of non-ortho nitro benzene ring substituents is 1. The average molecular weight is 296 g/mol. The maximum atomic E-state index is 10.8. The van der Waals surface area contributed by atoms with Gasteiger partial charge in [-0.25, -0.2) is 0 Å². The Kier molecular flexibility index (Phi) is 3.92. The standard InChI is InChI=1S/C14H18ClN3O2/c15-12-4-3-11(18(19)20)8-10(12)9-16-13-5-7-17-6-1-2-14(13)17/h3-4,8,13-14,16H,1-2,5-7,9H2. The van der Waals surface area contributed by atoms with Crippen LogP contribution in [0.4, 0.5) is 5.69 Å². The number of hydrogen-bond donors (Lipinski definition) is 1. The van der Waals surface area contributed by atoms with Gasteiger partial charge >= 0.3 is 0 Å². The van der Waals surface area contributed by atoms with Gasteiger partial charge in [-0.05, 0) is 37.4 Å². The molecule has 5 nitrogen and oxygen atoms in total. The van der Waals surface area contributed by atoms with Gasteiger partial charge in [0.1, 0.15) is 0 Å². The van der Waals surface area contributed by atoms with Gasteiger partial charge in [-0.3, -0.25) is 15.0 Å². The third-order valence-electron chi connectivity index (χ3n) is 4.40. The number of nitrogens with zero attached hydrogens (tertiary/aromatic N) is 2.